The van der Waals surface area contributed by atoms with E-state index < -0.39 is 5.97 Å². The van der Waals surface area contributed by atoms with Crippen LogP contribution in [0.3, 0.4) is 0 Å². The lowest BCUT2D eigenvalue weighted by atomic mass is 10.1. The highest BCUT2D eigenvalue weighted by molar-refractivity contribution is 5.96. The summed E-state index contributed by atoms with van der Waals surface area (Å²) in [6.07, 6.45) is 1.22. The minimum absolute atomic E-state index is 0.105. The number of methoxy groups -OCH3 is 2. The van der Waals surface area contributed by atoms with E-state index in [1.165, 1.54) is 26.5 Å². The Balaban J connectivity index is 3.14. The first-order chi connectivity index (χ1) is 9.15. The van der Waals surface area contributed by atoms with Crippen molar-refractivity contribution >= 4 is 11.7 Å². The van der Waals surface area contributed by atoms with Gasteiger partial charge in [0.2, 0.25) is 0 Å². The van der Waals surface area contributed by atoms with Crippen molar-refractivity contribution in [3.8, 4) is 17.9 Å². The van der Waals surface area contributed by atoms with E-state index >= 15 is 0 Å². The van der Waals surface area contributed by atoms with Crippen molar-refractivity contribution < 1.29 is 14.3 Å². The quantitative estimate of drug-likeness (QED) is 0.653. The number of rotatable bonds is 4. The van der Waals surface area contributed by atoms with Crippen molar-refractivity contribution in [1.82, 2.24) is 0 Å². The predicted octanol–water partition coefficient (Wildman–Crippen LogP) is 1.82. The average Bonchev–Trinajstić information content (AvgIpc) is 2.47. The fourth-order valence-corrected chi connectivity index (χ4v) is 1.29. The van der Waals surface area contributed by atoms with Crippen LogP contribution in [0.1, 0.15) is 10.4 Å². The van der Waals surface area contributed by atoms with Gasteiger partial charge in [-0.3, -0.25) is 0 Å². The van der Waals surface area contributed by atoms with E-state index in [0.717, 1.165) is 0 Å². The molecule has 6 nitrogen and oxygen atoms in total. The summed E-state index contributed by atoms with van der Waals surface area (Å²) in [4.78, 5) is 11.6. The van der Waals surface area contributed by atoms with Crippen LogP contribution in [0.5, 0.6) is 5.75 Å². The number of nitrogens with zero attached hydrogens (tertiary/aromatic N) is 2. The van der Waals surface area contributed by atoms with Crippen molar-refractivity contribution in [3.63, 3.8) is 0 Å². The second-order valence-corrected chi connectivity index (χ2v) is 3.33. The molecule has 1 rings (SSSR count). The molecule has 0 aliphatic carbocycles. The van der Waals surface area contributed by atoms with E-state index in [4.69, 9.17) is 15.3 Å². The first-order valence-electron chi connectivity index (χ1n) is 5.19. The van der Waals surface area contributed by atoms with Gasteiger partial charge in [0.1, 0.15) is 23.5 Å². The zero-order chi connectivity index (χ0) is 14.3. The molecular weight excluding hydrogens is 246 g/mol. The number of hydrogen-bond donors (Lipinski definition) is 1. The molecule has 1 N–H and O–H groups in total. The Morgan fingerprint density at radius 2 is 2.00 bits per heavy atom. The third-order valence-corrected chi connectivity index (χ3v) is 2.24. The molecule has 0 saturated carbocycles. The van der Waals surface area contributed by atoms with Crippen LogP contribution < -0.4 is 10.1 Å². The number of carbonyl (C=O) groups is 1. The first kappa shape index (κ1) is 14.1. The van der Waals surface area contributed by atoms with Crippen LogP contribution in [-0.4, -0.2) is 20.2 Å². The van der Waals surface area contributed by atoms with Crippen LogP contribution in [0.4, 0.5) is 5.69 Å². The maximum atomic E-state index is 11.6. The number of anilines is 1. The highest BCUT2D eigenvalue weighted by Gasteiger charge is 2.12. The maximum Gasteiger partial charge on any atom is 0.340 e. The van der Waals surface area contributed by atoms with E-state index in [1.807, 2.05) is 0 Å². The maximum absolute atomic E-state index is 11.6. The summed E-state index contributed by atoms with van der Waals surface area (Å²) in [5, 5.41) is 20.0. The molecule has 0 saturated heterocycles. The molecule has 96 valence electrons. The van der Waals surface area contributed by atoms with Gasteiger partial charge in [0.05, 0.1) is 25.5 Å². The van der Waals surface area contributed by atoms with Gasteiger partial charge in [0.25, 0.3) is 0 Å². The summed E-state index contributed by atoms with van der Waals surface area (Å²) in [6.45, 7) is 0. The van der Waals surface area contributed by atoms with Crippen molar-refractivity contribution in [3.05, 3.63) is 35.5 Å². The lowest BCUT2D eigenvalue weighted by Gasteiger charge is -2.09. The van der Waals surface area contributed by atoms with Gasteiger partial charge in [-0.05, 0) is 18.2 Å². The zero-order valence-electron chi connectivity index (χ0n) is 10.4. The lowest BCUT2D eigenvalue weighted by Crippen LogP contribution is -2.06. The van der Waals surface area contributed by atoms with Crippen LogP contribution in [0, 0.1) is 22.7 Å². The summed E-state index contributed by atoms with van der Waals surface area (Å²) < 4.78 is 9.67. The van der Waals surface area contributed by atoms with Crippen LogP contribution in [0.2, 0.25) is 0 Å². The van der Waals surface area contributed by atoms with Gasteiger partial charge >= 0.3 is 5.97 Å². The third kappa shape index (κ3) is 3.48. The number of ether oxygens (including phenoxy) is 2. The second kappa shape index (κ2) is 6.67. The molecule has 1 aromatic carbocycles. The van der Waals surface area contributed by atoms with Gasteiger partial charge in [-0.1, -0.05) is 0 Å². The molecule has 0 spiro atoms. The number of nitriles is 2. The summed E-state index contributed by atoms with van der Waals surface area (Å²) >= 11 is 0. The van der Waals surface area contributed by atoms with Gasteiger partial charge < -0.3 is 14.8 Å². The first-order valence-corrected chi connectivity index (χ1v) is 5.19. The van der Waals surface area contributed by atoms with Crippen LogP contribution in [0.25, 0.3) is 0 Å². The Hall–Kier alpha value is -2.99. The van der Waals surface area contributed by atoms with E-state index in [-0.39, 0.29) is 11.1 Å². The second-order valence-electron chi connectivity index (χ2n) is 3.33. The Kier molecular flexibility index (Phi) is 4.94. The van der Waals surface area contributed by atoms with Crippen molar-refractivity contribution in [2.24, 2.45) is 0 Å². The summed E-state index contributed by atoms with van der Waals surface area (Å²) in [7, 11) is 2.74. The molecule has 0 atom stereocenters. The van der Waals surface area contributed by atoms with Crippen LogP contribution in [-0.2, 0) is 4.74 Å². The molecule has 0 aliphatic heterocycles. The molecule has 1 aromatic rings. The molecule has 0 aliphatic rings. The zero-order valence-corrected chi connectivity index (χ0v) is 10.4. The van der Waals surface area contributed by atoms with Gasteiger partial charge in [-0.2, -0.15) is 10.5 Å². The van der Waals surface area contributed by atoms with Crippen LogP contribution in [0.15, 0.2) is 30.0 Å². The Bertz CT molecular complexity index is 578. The van der Waals surface area contributed by atoms with Crippen molar-refractivity contribution in [2.75, 3.05) is 19.5 Å². The molecule has 19 heavy (non-hydrogen) atoms. The largest absolute Gasteiger partial charge is 0.497 e. The Morgan fingerprint density at radius 3 is 2.53 bits per heavy atom. The lowest BCUT2D eigenvalue weighted by molar-refractivity contribution is 0.0601. The van der Waals surface area contributed by atoms with Gasteiger partial charge in [-0.25, -0.2) is 4.79 Å². The molecule has 0 amide bonds. The van der Waals surface area contributed by atoms with E-state index in [1.54, 1.807) is 24.3 Å². The fourth-order valence-electron chi connectivity index (χ4n) is 1.29. The number of esters is 1. The fraction of sp³-hybridized carbons (Fsp3) is 0.154. The topological polar surface area (TPSA) is 95.1 Å². The molecule has 0 unspecified atom stereocenters. The number of nitrogens with one attached hydrogen (secondary N) is 1. The molecule has 0 aromatic heterocycles. The van der Waals surface area contributed by atoms with E-state index in [0.29, 0.717) is 11.4 Å². The number of carbonyl (C=O) groups excluding carboxylic acids is 1. The Labute approximate surface area is 110 Å². The highest BCUT2D eigenvalue weighted by Crippen LogP contribution is 2.23. The SMILES string of the molecule is COC(=O)c1cc(OC)ccc1NC=C(C#N)C#N. The van der Waals surface area contributed by atoms with E-state index in [9.17, 15) is 4.79 Å². The standard InChI is InChI=1S/C13H11N3O3/c1-18-10-3-4-12(11(5-10)13(17)19-2)16-8-9(6-14)7-15/h3-5,8,16H,1-2H3. The molecule has 0 bridgehead atoms. The van der Waals surface area contributed by atoms with Crippen molar-refractivity contribution in [1.29, 1.82) is 10.5 Å². The van der Waals surface area contributed by atoms with Gasteiger partial charge in [0, 0.05) is 6.20 Å². The summed E-state index contributed by atoms with van der Waals surface area (Å²) in [5.74, 6) is -0.0546. The smallest absolute Gasteiger partial charge is 0.340 e. The van der Waals surface area contributed by atoms with Gasteiger partial charge in [0.15, 0.2) is 0 Å². The monoisotopic (exact) mass is 257 g/mol. The molecule has 0 fully saturated rings. The Morgan fingerprint density at radius 1 is 1.32 bits per heavy atom. The number of benzene rings is 1. The molecular formula is C13H11N3O3. The minimum atomic E-state index is -0.551. The minimum Gasteiger partial charge on any atom is -0.497 e. The summed E-state index contributed by atoms with van der Waals surface area (Å²) in [6, 6.07) is 8.14. The number of hydrogen-bond acceptors (Lipinski definition) is 6. The predicted molar refractivity (Wildman–Crippen MR) is 67.3 cm³/mol. The third-order valence-electron chi connectivity index (χ3n) is 2.24. The normalized spacial score (nSPS) is 8.63. The average molecular weight is 257 g/mol. The van der Waals surface area contributed by atoms with Gasteiger partial charge in [-0.15, -0.1) is 0 Å². The molecule has 0 heterocycles. The molecule has 6 heteroatoms. The van der Waals surface area contributed by atoms with E-state index in [2.05, 4.69) is 10.1 Å². The summed E-state index contributed by atoms with van der Waals surface area (Å²) in [5.41, 5.74) is 0.551. The van der Waals surface area contributed by atoms with Crippen molar-refractivity contribution in [2.45, 2.75) is 0 Å². The van der Waals surface area contributed by atoms with Crippen LogP contribution >= 0.6 is 0 Å². The highest BCUT2D eigenvalue weighted by atomic mass is 16.5. The molecule has 0 radical (unpaired) electrons. The number of allylic oxidation sites excluding steroid dienone is 1.